The number of carboxylic acids is 1. The maximum absolute atomic E-state index is 10.5. The van der Waals surface area contributed by atoms with Gasteiger partial charge in [0, 0.05) is 13.2 Å². The summed E-state index contributed by atoms with van der Waals surface area (Å²) in [7, 11) is 1.69. The Labute approximate surface area is 66.4 Å². The summed E-state index contributed by atoms with van der Waals surface area (Å²) < 4.78 is 2.16. The van der Waals surface area contributed by atoms with E-state index in [-0.39, 0.29) is 5.69 Å². The summed E-state index contributed by atoms with van der Waals surface area (Å²) >= 11 is 3.12. The molecule has 1 rings (SSSR count). The average Bonchev–Trinajstić information content (AvgIpc) is 2.11. The molecule has 0 aliphatic rings. The highest BCUT2D eigenvalue weighted by molar-refractivity contribution is 9.10. The molecular weight excluding hydrogens is 198 g/mol. The molecule has 0 unspecified atom stereocenters. The van der Waals surface area contributed by atoms with E-state index in [4.69, 9.17) is 5.11 Å². The normalized spacial score (nSPS) is 9.80. The van der Waals surface area contributed by atoms with E-state index in [2.05, 4.69) is 15.9 Å². The molecular formula is C6H6BrNO2. The van der Waals surface area contributed by atoms with Gasteiger partial charge in [0.1, 0.15) is 5.69 Å². The topological polar surface area (TPSA) is 42.2 Å². The highest BCUT2D eigenvalue weighted by atomic mass is 79.9. The monoisotopic (exact) mass is 203 g/mol. The number of halogens is 1. The van der Waals surface area contributed by atoms with Crippen LogP contribution in [0.1, 0.15) is 10.5 Å². The number of aromatic carboxylic acids is 1. The zero-order valence-corrected chi connectivity index (χ0v) is 6.92. The van der Waals surface area contributed by atoms with Gasteiger partial charge in [-0.3, -0.25) is 0 Å². The number of carboxylic acid groups (broad SMARTS) is 1. The molecule has 1 N–H and O–H groups in total. The van der Waals surface area contributed by atoms with Crippen LogP contribution in [0.3, 0.4) is 0 Å². The molecule has 0 saturated carbocycles. The van der Waals surface area contributed by atoms with E-state index >= 15 is 0 Å². The third-order valence-corrected chi connectivity index (χ3v) is 1.87. The van der Waals surface area contributed by atoms with Crippen LogP contribution in [0.5, 0.6) is 0 Å². The molecule has 0 aromatic carbocycles. The first kappa shape index (κ1) is 7.34. The molecule has 0 bridgehead atoms. The molecule has 0 spiro atoms. The van der Waals surface area contributed by atoms with E-state index in [1.807, 2.05) is 0 Å². The molecule has 1 aromatic heterocycles. The first-order valence-corrected chi connectivity index (χ1v) is 3.46. The lowest BCUT2D eigenvalue weighted by Gasteiger charge is -1.95. The van der Waals surface area contributed by atoms with Crippen LogP contribution in [0.2, 0.25) is 0 Å². The predicted octanol–water partition coefficient (Wildman–Crippen LogP) is 1.49. The first-order valence-electron chi connectivity index (χ1n) is 2.67. The lowest BCUT2D eigenvalue weighted by Crippen LogP contribution is -2.03. The zero-order chi connectivity index (χ0) is 7.72. The van der Waals surface area contributed by atoms with Gasteiger partial charge in [-0.1, -0.05) is 0 Å². The molecule has 0 amide bonds. The molecule has 1 aromatic rings. The fraction of sp³-hybridized carbons (Fsp3) is 0.167. The third kappa shape index (κ3) is 1.07. The Morgan fingerprint density at radius 3 is 2.60 bits per heavy atom. The van der Waals surface area contributed by atoms with E-state index in [1.165, 1.54) is 0 Å². The minimum absolute atomic E-state index is 0.278. The van der Waals surface area contributed by atoms with Crippen molar-refractivity contribution in [1.82, 2.24) is 4.57 Å². The van der Waals surface area contributed by atoms with E-state index < -0.39 is 5.97 Å². The van der Waals surface area contributed by atoms with Crippen molar-refractivity contribution in [1.29, 1.82) is 0 Å². The largest absolute Gasteiger partial charge is 0.477 e. The van der Waals surface area contributed by atoms with E-state index in [1.54, 1.807) is 23.9 Å². The van der Waals surface area contributed by atoms with Crippen molar-refractivity contribution < 1.29 is 9.90 Å². The van der Waals surface area contributed by atoms with E-state index in [0.717, 1.165) is 0 Å². The second-order valence-corrected chi connectivity index (χ2v) is 2.78. The van der Waals surface area contributed by atoms with Gasteiger partial charge >= 0.3 is 5.97 Å². The van der Waals surface area contributed by atoms with Crippen molar-refractivity contribution in [2.45, 2.75) is 0 Å². The van der Waals surface area contributed by atoms with Gasteiger partial charge < -0.3 is 9.67 Å². The quantitative estimate of drug-likeness (QED) is 0.752. The van der Waals surface area contributed by atoms with Crippen molar-refractivity contribution in [3.05, 3.63) is 22.4 Å². The van der Waals surface area contributed by atoms with Gasteiger partial charge in [-0.2, -0.15) is 0 Å². The van der Waals surface area contributed by atoms with Crippen molar-refractivity contribution in [3.63, 3.8) is 0 Å². The van der Waals surface area contributed by atoms with E-state index in [9.17, 15) is 4.79 Å². The summed E-state index contributed by atoms with van der Waals surface area (Å²) in [5, 5.41) is 8.58. The maximum atomic E-state index is 10.5. The van der Waals surface area contributed by atoms with Crippen molar-refractivity contribution >= 4 is 21.9 Å². The van der Waals surface area contributed by atoms with Crippen LogP contribution in [-0.4, -0.2) is 15.6 Å². The van der Waals surface area contributed by atoms with Gasteiger partial charge in [0.05, 0.1) is 4.47 Å². The number of aryl methyl sites for hydroxylation is 1. The molecule has 4 heteroatoms. The summed E-state index contributed by atoms with van der Waals surface area (Å²) in [6, 6.07) is 1.70. The number of hydrogen-bond donors (Lipinski definition) is 1. The Bertz CT molecular complexity index is 247. The molecule has 54 valence electrons. The van der Waals surface area contributed by atoms with Gasteiger partial charge in [-0.25, -0.2) is 4.79 Å². The van der Waals surface area contributed by atoms with Crippen LogP contribution >= 0.6 is 15.9 Å². The number of aromatic nitrogens is 1. The standard InChI is InChI=1S/C6H6BrNO2/c1-8-3-2-4(7)5(8)6(9)10/h2-3H,1H3,(H,9,10). The molecule has 0 atom stereocenters. The van der Waals surface area contributed by atoms with Gasteiger partial charge in [0.25, 0.3) is 0 Å². The number of carbonyl (C=O) groups is 1. The Morgan fingerprint density at radius 1 is 1.80 bits per heavy atom. The summed E-state index contributed by atoms with van der Waals surface area (Å²) in [4.78, 5) is 10.5. The van der Waals surface area contributed by atoms with Crippen LogP contribution in [0.4, 0.5) is 0 Å². The van der Waals surface area contributed by atoms with Crippen molar-refractivity contribution in [3.8, 4) is 0 Å². The SMILES string of the molecule is Cn1ccc(Br)c1C(=O)O. The van der Waals surface area contributed by atoms with Crippen LogP contribution in [0.25, 0.3) is 0 Å². The van der Waals surface area contributed by atoms with Crippen LogP contribution in [0, 0.1) is 0 Å². The predicted molar refractivity (Wildman–Crippen MR) is 40.1 cm³/mol. The fourth-order valence-corrected chi connectivity index (χ4v) is 1.32. The van der Waals surface area contributed by atoms with Crippen molar-refractivity contribution in [2.75, 3.05) is 0 Å². The fourth-order valence-electron chi connectivity index (χ4n) is 0.752. The van der Waals surface area contributed by atoms with Crippen LogP contribution < -0.4 is 0 Å². The van der Waals surface area contributed by atoms with Crippen LogP contribution in [-0.2, 0) is 7.05 Å². The summed E-state index contributed by atoms with van der Waals surface area (Å²) in [5.41, 5.74) is 0.278. The van der Waals surface area contributed by atoms with Gasteiger partial charge in [-0.05, 0) is 22.0 Å². The lowest BCUT2D eigenvalue weighted by molar-refractivity contribution is 0.0685. The number of nitrogens with zero attached hydrogens (tertiary/aromatic N) is 1. The average molecular weight is 204 g/mol. The Kier molecular flexibility index (Phi) is 1.80. The zero-order valence-electron chi connectivity index (χ0n) is 5.34. The Morgan fingerprint density at radius 2 is 2.40 bits per heavy atom. The summed E-state index contributed by atoms with van der Waals surface area (Å²) in [5.74, 6) is -0.917. The van der Waals surface area contributed by atoms with Gasteiger partial charge in [0.15, 0.2) is 0 Å². The first-order chi connectivity index (χ1) is 4.63. The smallest absolute Gasteiger partial charge is 0.353 e. The van der Waals surface area contributed by atoms with Gasteiger partial charge in [-0.15, -0.1) is 0 Å². The molecule has 3 nitrogen and oxygen atoms in total. The van der Waals surface area contributed by atoms with Crippen molar-refractivity contribution in [2.24, 2.45) is 7.05 Å². The highest BCUT2D eigenvalue weighted by Gasteiger charge is 2.10. The molecule has 0 aliphatic carbocycles. The Balaban J connectivity index is 3.23. The van der Waals surface area contributed by atoms with Gasteiger partial charge in [0.2, 0.25) is 0 Å². The second kappa shape index (κ2) is 2.46. The summed E-state index contributed by atoms with van der Waals surface area (Å²) in [6.45, 7) is 0. The highest BCUT2D eigenvalue weighted by Crippen LogP contribution is 2.16. The minimum atomic E-state index is -0.917. The molecule has 0 saturated heterocycles. The van der Waals surface area contributed by atoms with Crippen LogP contribution in [0.15, 0.2) is 16.7 Å². The minimum Gasteiger partial charge on any atom is -0.477 e. The number of hydrogen-bond acceptors (Lipinski definition) is 1. The molecule has 0 fully saturated rings. The lowest BCUT2D eigenvalue weighted by atomic mass is 10.4. The molecule has 10 heavy (non-hydrogen) atoms. The molecule has 0 radical (unpaired) electrons. The molecule has 0 aliphatic heterocycles. The maximum Gasteiger partial charge on any atom is 0.353 e. The second-order valence-electron chi connectivity index (χ2n) is 1.93. The Hall–Kier alpha value is -0.770. The summed E-state index contributed by atoms with van der Waals surface area (Å²) in [6.07, 6.45) is 1.69. The number of rotatable bonds is 1. The third-order valence-electron chi connectivity index (χ3n) is 1.23. The van der Waals surface area contributed by atoms with E-state index in [0.29, 0.717) is 4.47 Å². The molecule has 1 heterocycles.